The number of sulfonamides is 1. The molecule has 4 heteroatoms. The van der Waals surface area contributed by atoms with Crippen LogP contribution < -0.4 is 4.72 Å². The van der Waals surface area contributed by atoms with Crippen LogP contribution in [0, 0.1) is 6.92 Å². The van der Waals surface area contributed by atoms with Crippen LogP contribution in [0.3, 0.4) is 0 Å². The summed E-state index contributed by atoms with van der Waals surface area (Å²) in [6.07, 6.45) is 3.74. The first kappa shape index (κ1) is 16.4. The molecular formula is C20H19NO2S. The predicted octanol–water partition coefficient (Wildman–Crippen LogP) is 4.14. The topological polar surface area (TPSA) is 46.2 Å². The standard InChI is InChI=1S/C20H19NO2S/c1-16-8-12-20(13-9-16)24(22,23)21-14-4-5-17-10-11-18-6-2-3-7-19(18)15-17/h2-13,15,21H,14H2,1H3/b5-4+. The van der Waals surface area contributed by atoms with E-state index >= 15 is 0 Å². The van der Waals surface area contributed by atoms with Crippen LogP contribution in [0.25, 0.3) is 16.8 Å². The Kier molecular flexibility index (Phi) is 4.79. The predicted molar refractivity (Wildman–Crippen MR) is 99.3 cm³/mol. The van der Waals surface area contributed by atoms with Crippen molar-refractivity contribution in [3.05, 3.63) is 83.9 Å². The maximum Gasteiger partial charge on any atom is 0.240 e. The second-order valence-corrected chi connectivity index (χ2v) is 7.44. The highest BCUT2D eigenvalue weighted by molar-refractivity contribution is 7.89. The summed E-state index contributed by atoms with van der Waals surface area (Å²) in [6, 6.07) is 21.1. The van der Waals surface area contributed by atoms with Gasteiger partial charge in [-0.3, -0.25) is 0 Å². The van der Waals surface area contributed by atoms with Crippen LogP contribution in [0.15, 0.2) is 77.7 Å². The largest absolute Gasteiger partial charge is 0.240 e. The minimum atomic E-state index is -3.47. The molecule has 3 aromatic carbocycles. The Labute approximate surface area is 142 Å². The average Bonchev–Trinajstić information content (AvgIpc) is 2.59. The molecule has 0 aliphatic rings. The van der Waals surface area contributed by atoms with Gasteiger partial charge in [0.1, 0.15) is 0 Å². The number of hydrogen-bond acceptors (Lipinski definition) is 2. The van der Waals surface area contributed by atoms with E-state index in [9.17, 15) is 8.42 Å². The lowest BCUT2D eigenvalue weighted by Gasteiger charge is -2.05. The lowest BCUT2D eigenvalue weighted by molar-refractivity contribution is 0.585. The Balaban J connectivity index is 1.66. The molecule has 3 rings (SSSR count). The molecule has 0 fully saturated rings. The van der Waals surface area contributed by atoms with Gasteiger partial charge in [0, 0.05) is 6.54 Å². The van der Waals surface area contributed by atoms with E-state index in [1.54, 1.807) is 24.3 Å². The second-order valence-electron chi connectivity index (χ2n) is 5.67. The Hall–Kier alpha value is -2.43. The van der Waals surface area contributed by atoms with E-state index in [1.165, 1.54) is 10.8 Å². The third-order valence-electron chi connectivity index (χ3n) is 3.81. The highest BCUT2D eigenvalue weighted by atomic mass is 32.2. The van der Waals surface area contributed by atoms with Crippen molar-refractivity contribution < 1.29 is 8.42 Å². The minimum Gasteiger partial charge on any atom is -0.207 e. The molecule has 0 radical (unpaired) electrons. The van der Waals surface area contributed by atoms with Gasteiger partial charge in [0.05, 0.1) is 4.90 Å². The van der Waals surface area contributed by atoms with Crippen molar-refractivity contribution in [2.24, 2.45) is 0 Å². The molecule has 122 valence electrons. The fourth-order valence-electron chi connectivity index (χ4n) is 2.47. The van der Waals surface area contributed by atoms with Crippen LogP contribution in [0.5, 0.6) is 0 Å². The van der Waals surface area contributed by atoms with Gasteiger partial charge in [0.25, 0.3) is 0 Å². The Morgan fingerprint density at radius 1 is 0.917 bits per heavy atom. The SMILES string of the molecule is Cc1ccc(S(=O)(=O)NC/C=C/c2ccc3ccccc3c2)cc1. The van der Waals surface area contributed by atoms with E-state index < -0.39 is 10.0 Å². The maximum atomic E-state index is 12.2. The molecule has 0 aliphatic carbocycles. The number of benzene rings is 3. The summed E-state index contributed by atoms with van der Waals surface area (Å²) in [7, 11) is -3.47. The summed E-state index contributed by atoms with van der Waals surface area (Å²) in [6.45, 7) is 2.18. The zero-order valence-corrected chi connectivity index (χ0v) is 14.3. The van der Waals surface area contributed by atoms with Crippen molar-refractivity contribution in [1.29, 1.82) is 0 Å². The van der Waals surface area contributed by atoms with E-state index in [0.29, 0.717) is 0 Å². The second kappa shape index (κ2) is 6.99. The summed E-state index contributed by atoms with van der Waals surface area (Å²) in [4.78, 5) is 0.284. The molecule has 0 amide bonds. The third-order valence-corrected chi connectivity index (χ3v) is 5.25. The maximum absolute atomic E-state index is 12.2. The van der Waals surface area contributed by atoms with Crippen LogP contribution in [0.1, 0.15) is 11.1 Å². The molecular weight excluding hydrogens is 318 g/mol. The van der Waals surface area contributed by atoms with Gasteiger partial charge in [-0.15, -0.1) is 0 Å². The van der Waals surface area contributed by atoms with Gasteiger partial charge >= 0.3 is 0 Å². The van der Waals surface area contributed by atoms with Crippen LogP contribution >= 0.6 is 0 Å². The van der Waals surface area contributed by atoms with Crippen molar-refractivity contribution in [2.45, 2.75) is 11.8 Å². The molecule has 0 aromatic heterocycles. The third kappa shape index (κ3) is 3.91. The first-order chi connectivity index (χ1) is 11.5. The van der Waals surface area contributed by atoms with Gasteiger partial charge in [-0.05, 0) is 41.5 Å². The molecule has 0 bridgehead atoms. The van der Waals surface area contributed by atoms with Gasteiger partial charge < -0.3 is 0 Å². The van der Waals surface area contributed by atoms with Crippen molar-refractivity contribution >= 4 is 26.9 Å². The molecule has 0 saturated heterocycles. The smallest absolute Gasteiger partial charge is 0.207 e. The number of aryl methyl sites for hydroxylation is 1. The van der Waals surface area contributed by atoms with Crippen LogP contribution in [0.4, 0.5) is 0 Å². The molecule has 3 nitrogen and oxygen atoms in total. The number of rotatable bonds is 5. The minimum absolute atomic E-state index is 0.253. The molecule has 1 N–H and O–H groups in total. The van der Waals surface area contributed by atoms with Crippen molar-refractivity contribution in [3.63, 3.8) is 0 Å². The van der Waals surface area contributed by atoms with Gasteiger partial charge in [0.15, 0.2) is 0 Å². The molecule has 0 spiro atoms. The van der Waals surface area contributed by atoms with Crippen LogP contribution in [-0.4, -0.2) is 15.0 Å². The molecule has 0 saturated carbocycles. The lowest BCUT2D eigenvalue weighted by atomic mass is 10.1. The fourth-order valence-corrected chi connectivity index (χ4v) is 3.44. The van der Waals surface area contributed by atoms with Crippen LogP contribution in [-0.2, 0) is 10.0 Å². The first-order valence-corrected chi connectivity index (χ1v) is 9.25. The summed E-state index contributed by atoms with van der Waals surface area (Å²) in [5, 5.41) is 2.36. The lowest BCUT2D eigenvalue weighted by Crippen LogP contribution is -2.23. The van der Waals surface area contributed by atoms with E-state index in [4.69, 9.17) is 0 Å². The molecule has 24 heavy (non-hydrogen) atoms. The highest BCUT2D eigenvalue weighted by Gasteiger charge is 2.11. The quantitative estimate of drug-likeness (QED) is 0.760. The number of nitrogens with one attached hydrogen (secondary N) is 1. The van der Waals surface area contributed by atoms with Crippen molar-refractivity contribution in [1.82, 2.24) is 4.72 Å². The summed E-state index contributed by atoms with van der Waals surface area (Å²) in [5.41, 5.74) is 2.08. The van der Waals surface area contributed by atoms with Crippen molar-refractivity contribution in [2.75, 3.05) is 6.54 Å². The summed E-state index contributed by atoms with van der Waals surface area (Å²) in [5.74, 6) is 0. The van der Waals surface area contributed by atoms with E-state index in [2.05, 4.69) is 29.0 Å². The number of fused-ring (bicyclic) bond motifs is 1. The average molecular weight is 337 g/mol. The van der Waals surface area contributed by atoms with Gasteiger partial charge in [-0.2, -0.15) is 0 Å². The Morgan fingerprint density at radius 3 is 2.38 bits per heavy atom. The summed E-state index contributed by atoms with van der Waals surface area (Å²) >= 11 is 0. The Morgan fingerprint density at radius 2 is 1.62 bits per heavy atom. The van der Waals surface area contributed by atoms with Gasteiger partial charge in [-0.1, -0.05) is 66.2 Å². The zero-order valence-electron chi connectivity index (χ0n) is 13.4. The fraction of sp³-hybridized carbons (Fsp3) is 0.100. The first-order valence-electron chi connectivity index (χ1n) is 7.76. The molecule has 0 aliphatic heterocycles. The van der Waals surface area contributed by atoms with Gasteiger partial charge in [-0.25, -0.2) is 13.1 Å². The molecule has 3 aromatic rings. The molecule has 0 atom stereocenters. The van der Waals surface area contributed by atoms with Gasteiger partial charge in [0.2, 0.25) is 10.0 Å². The van der Waals surface area contributed by atoms with Crippen molar-refractivity contribution in [3.8, 4) is 0 Å². The molecule has 0 unspecified atom stereocenters. The molecule has 0 heterocycles. The normalized spacial score (nSPS) is 12.0. The zero-order chi connectivity index (χ0) is 17.0. The summed E-state index contributed by atoms with van der Waals surface area (Å²) < 4.78 is 27.0. The van der Waals surface area contributed by atoms with Crippen LogP contribution in [0.2, 0.25) is 0 Å². The van der Waals surface area contributed by atoms with E-state index in [1.807, 2.05) is 37.3 Å². The van der Waals surface area contributed by atoms with E-state index in [0.717, 1.165) is 11.1 Å². The monoisotopic (exact) mass is 337 g/mol. The number of hydrogen-bond donors (Lipinski definition) is 1. The highest BCUT2D eigenvalue weighted by Crippen LogP contribution is 2.16. The Bertz CT molecular complexity index is 974. The van der Waals surface area contributed by atoms with E-state index in [-0.39, 0.29) is 11.4 Å².